The molecule has 5 nitrogen and oxygen atoms in total. The number of fused-ring (bicyclic) bond motifs is 1. The van der Waals surface area contributed by atoms with Crippen molar-refractivity contribution < 1.29 is 19.4 Å². The highest BCUT2D eigenvalue weighted by Gasteiger charge is 2.16. The molecule has 1 atom stereocenters. The Hall–Kier alpha value is -4.11. The van der Waals surface area contributed by atoms with Crippen molar-refractivity contribution in [1.29, 1.82) is 0 Å². The standard InChI is InChI=1S/C31H26ClNO4/c1-3-17-37-30(16-11-22-10-15-27(36-2)20-28(22)31(34)35)24-6-4-5-21(18-24)7-13-26-14-9-23-8-12-25(32)19-29(23)33-26/h1,4-10,12-15,18-20,30H,11,16-17H2,2H3,(H,34,35)/b13-7+. The second-order valence-electron chi connectivity index (χ2n) is 8.45. The molecule has 0 aliphatic rings. The van der Waals surface area contributed by atoms with Gasteiger partial charge in [0.25, 0.3) is 0 Å². The van der Waals surface area contributed by atoms with Crippen LogP contribution in [-0.2, 0) is 11.2 Å². The number of terminal acetylenes is 1. The maximum absolute atomic E-state index is 11.8. The summed E-state index contributed by atoms with van der Waals surface area (Å²) in [7, 11) is 1.51. The number of benzene rings is 3. The van der Waals surface area contributed by atoms with Gasteiger partial charge in [-0.05, 0) is 72.0 Å². The van der Waals surface area contributed by atoms with Crippen LogP contribution in [0.3, 0.4) is 0 Å². The molecule has 0 amide bonds. The zero-order valence-corrected chi connectivity index (χ0v) is 21.1. The molecule has 0 saturated carbocycles. The van der Waals surface area contributed by atoms with E-state index >= 15 is 0 Å². The third-order valence-electron chi connectivity index (χ3n) is 6.00. The molecule has 3 aromatic carbocycles. The SMILES string of the molecule is C#CCOC(CCc1ccc(OC)cc1C(=O)O)c1cccc(/C=C/c2ccc3ccc(Cl)cc3n2)c1. The van der Waals surface area contributed by atoms with E-state index in [1.807, 2.05) is 66.7 Å². The topological polar surface area (TPSA) is 68.7 Å². The smallest absolute Gasteiger partial charge is 0.336 e. The molecule has 0 bridgehead atoms. The second-order valence-corrected chi connectivity index (χ2v) is 8.88. The molecule has 0 aliphatic heterocycles. The lowest BCUT2D eigenvalue weighted by molar-refractivity contribution is 0.0680. The van der Waals surface area contributed by atoms with Crippen molar-refractivity contribution in [3.05, 3.63) is 106 Å². The summed E-state index contributed by atoms with van der Waals surface area (Å²) in [6.07, 6.45) is 10.2. The van der Waals surface area contributed by atoms with Crippen molar-refractivity contribution in [1.82, 2.24) is 4.98 Å². The molecule has 1 N–H and O–H groups in total. The summed E-state index contributed by atoms with van der Waals surface area (Å²) in [5.74, 6) is 2.04. The van der Waals surface area contributed by atoms with E-state index in [0.29, 0.717) is 29.2 Å². The highest BCUT2D eigenvalue weighted by molar-refractivity contribution is 6.31. The van der Waals surface area contributed by atoms with Gasteiger partial charge in [-0.1, -0.05) is 60.0 Å². The first-order valence-corrected chi connectivity index (χ1v) is 12.1. The van der Waals surface area contributed by atoms with Crippen LogP contribution in [-0.4, -0.2) is 29.8 Å². The molecule has 37 heavy (non-hydrogen) atoms. The normalized spacial score (nSPS) is 11.9. The lowest BCUT2D eigenvalue weighted by Gasteiger charge is -2.18. The number of methoxy groups -OCH3 is 1. The molecule has 0 saturated heterocycles. The molecule has 0 aliphatic carbocycles. The number of ether oxygens (including phenoxy) is 2. The van der Waals surface area contributed by atoms with Gasteiger partial charge in [-0.25, -0.2) is 9.78 Å². The first-order valence-electron chi connectivity index (χ1n) is 11.8. The Morgan fingerprint density at radius 3 is 2.73 bits per heavy atom. The minimum absolute atomic E-state index is 0.155. The second kappa shape index (κ2) is 12.2. The quantitative estimate of drug-likeness (QED) is 0.230. The van der Waals surface area contributed by atoms with E-state index in [-0.39, 0.29) is 18.3 Å². The molecule has 1 heterocycles. The monoisotopic (exact) mass is 511 g/mol. The van der Waals surface area contributed by atoms with Crippen molar-refractivity contribution in [2.45, 2.75) is 18.9 Å². The van der Waals surface area contributed by atoms with Crippen LogP contribution in [0.2, 0.25) is 5.02 Å². The lowest BCUT2D eigenvalue weighted by atomic mass is 9.96. The predicted molar refractivity (Wildman–Crippen MR) is 148 cm³/mol. The number of hydrogen-bond donors (Lipinski definition) is 1. The van der Waals surface area contributed by atoms with Crippen LogP contribution in [0.4, 0.5) is 0 Å². The molecular formula is C31H26ClNO4. The zero-order chi connectivity index (χ0) is 26.2. The molecule has 186 valence electrons. The van der Waals surface area contributed by atoms with Gasteiger partial charge < -0.3 is 14.6 Å². The fraction of sp³-hybridized carbons (Fsp3) is 0.161. The van der Waals surface area contributed by atoms with Crippen LogP contribution in [0, 0.1) is 12.3 Å². The molecule has 6 heteroatoms. The fourth-order valence-corrected chi connectivity index (χ4v) is 4.29. The molecular weight excluding hydrogens is 486 g/mol. The number of aromatic carboxylic acids is 1. The maximum Gasteiger partial charge on any atom is 0.336 e. The van der Waals surface area contributed by atoms with Crippen LogP contribution in [0.25, 0.3) is 23.1 Å². The molecule has 0 spiro atoms. The van der Waals surface area contributed by atoms with Gasteiger partial charge in [0.05, 0.1) is 30.0 Å². The van der Waals surface area contributed by atoms with Crippen LogP contribution in [0.15, 0.2) is 72.8 Å². The van der Waals surface area contributed by atoms with Gasteiger partial charge in [-0.3, -0.25) is 0 Å². The predicted octanol–water partition coefficient (Wildman–Crippen LogP) is 7.09. The summed E-state index contributed by atoms with van der Waals surface area (Å²) in [6.45, 7) is 0.155. The van der Waals surface area contributed by atoms with E-state index in [2.05, 4.69) is 10.9 Å². The van der Waals surface area contributed by atoms with Gasteiger partial charge >= 0.3 is 5.97 Å². The molecule has 4 rings (SSSR count). The molecule has 1 aromatic heterocycles. The van der Waals surface area contributed by atoms with E-state index in [1.54, 1.807) is 12.1 Å². The Morgan fingerprint density at radius 1 is 1.11 bits per heavy atom. The number of aromatic nitrogens is 1. The third-order valence-corrected chi connectivity index (χ3v) is 6.23. The van der Waals surface area contributed by atoms with Crippen LogP contribution in [0.1, 0.15) is 45.3 Å². The number of aryl methyl sites for hydroxylation is 1. The van der Waals surface area contributed by atoms with Crippen LogP contribution >= 0.6 is 11.6 Å². The summed E-state index contributed by atoms with van der Waals surface area (Å²) < 4.78 is 11.1. The number of carbonyl (C=O) groups is 1. The van der Waals surface area contributed by atoms with E-state index < -0.39 is 5.97 Å². The Kier molecular flexibility index (Phi) is 8.58. The third kappa shape index (κ3) is 6.77. The fourth-order valence-electron chi connectivity index (χ4n) is 4.12. The highest BCUT2D eigenvalue weighted by Crippen LogP contribution is 2.27. The van der Waals surface area contributed by atoms with Gasteiger partial charge in [-0.15, -0.1) is 6.42 Å². The number of rotatable bonds is 10. The first kappa shape index (κ1) is 26.0. The molecule has 1 unspecified atom stereocenters. The van der Waals surface area contributed by atoms with Gasteiger partial charge in [0, 0.05) is 10.4 Å². The summed E-state index contributed by atoms with van der Waals surface area (Å²) in [5, 5.41) is 11.3. The van der Waals surface area contributed by atoms with Gasteiger partial charge in [0.15, 0.2) is 0 Å². The highest BCUT2D eigenvalue weighted by atomic mass is 35.5. The van der Waals surface area contributed by atoms with Crippen molar-refractivity contribution in [3.63, 3.8) is 0 Å². The van der Waals surface area contributed by atoms with Gasteiger partial charge in [-0.2, -0.15) is 0 Å². The van der Waals surface area contributed by atoms with Crippen LogP contribution in [0.5, 0.6) is 5.75 Å². The van der Waals surface area contributed by atoms with Crippen molar-refractivity contribution in [3.8, 4) is 18.1 Å². The van der Waals surface area contributed by atoms with Gasteiger partial charge in [0.1, 0.15) is 12.4 Å². The summed E-state index contributed by atoms with van der Waals surface area (Å²) >= 11 is 6.11. The summed E-state index contributed by atoms with van der Waals surface area (Å²) in [6, 6.07) is 22.7. The molecule has 0 fully saturated rings. The Bertz CT molecular complexity index is 1490. The van der Waals surface area contributed by atoms with E-state index in [1.165, 1.54) is 13.2 Å². The zero-order valence-electron chi connectivity index (χ0n) is 20.4. The largest absolute Gasteiger partial charge is 0.497 e. The Morgan fingerprint density at radius 2 is 1.95 bits per heavy atom. The van der Waals surface area contributed by atoms with E-state index in [4.69, 9.17) is 27.5 Å². The minimum Gasteiger partial charge on any atom is -0.497 e. The van der Waals surface area contributed by atoms with E-state index in [0.717, 1.165) is 27.7 Å². The molecule has 0 radical (unpaired) electrons. The van der Waals surface area contributed by atoms with Gasteiger partial charge in [0.2, 0.25) is 0 Å². The average Bonchev–Trinajstić information content (AvgIpc) is 2.91. The number of hydrogen-bond acceptors (Lipinski definition) is 4. The summed E-state index contributed by atoms with van der Waals surface area (Å²) in [5.41, 5.74) is 4.53. The number of nitrogens with zero attached hydrogens (tertiary/aromatic N) is 1. The number of pyridine rings is 1. The number of halogens is 1. The van der Waals surface area contributed by atoms with Crippen LogP contribution < -0.4 is 4.74 Å². The van der Waals surface area contributed by atoms with Crippen molar-refractivity contribution in [2.75, 3.05) is 13.7 Å². The molecule has 4 aromatic rings. The summed E-state index contributed by atoms with van der Waals surface area (Å²) in [4.78, 5) is 16.4. The number of carboxylic acid groups (broad SMARTS) is 1. The minimum atomic E-state index is -0.994. The first-order chi connectivity index (χ1) is 18.0. The maximum atomic E-state index is 11.8. The lowest BCUT2D eigenvalue weighted by Crippen LogP contribution is -2.09. The van der Waals surface area contributed by atoms with Crippen molar-refractivity contribution >= 4 is 40.6 Å². The average molecular weight is 512 g/mol. The van der Waals surface area contributed by atoms with E-state index in [9.17, 15) is 9.90 Å². The number of carboxylic acids is 1. The Labute approximate surface area is 221 Å². The van der Waals surface area contributed by atoms with Crippen molar-refractivity contribution in [2.24, 2.45) is 0 Å². The Balaban J connectivity index is 1.54.